The number of nitrogens with one attached hydrogen (secondary N) is 2. The van der Waals surface area contributed by atoms with Gasteiger partial charge in [0.15, 0.2) is 0 Å². The molecule has 6 heteroatoms. The van der Waals surface area contributed by atoms with Crippen molar-refractivity contribution in [3.63, 3.8) is 0 Å². The maximum absolute atomic E-state index is 12.4. The molecule has 0 aliphatic heterocycles. The van der Waals surface area contributed by atoms with E-state index in [1.807, 2.05) is 19.9 Å². The SMILES string of the molecule is CCC(=O)Nc1ccc(S(=O)(=O)Nc2ccc(C)c(C)c2)cc1. The molecule has 23 heavy (non-hydrogen) atoms. The minimum Gasteiger partial charge on any atom is -0.326 e. The first-order valence-corrected chi connectivity index (χ1v) is 8.80. The fourth-order valence-corrected chi connectivity index (χ4v) is 3.04. The van der Waals surface area contributed by atoms with Crippen LogP contribution in [0.25, 0.3) is 0 Å². The molecule has 2 aromatic rings. The number of carbonyl (C=O) groups excluding carboxylic acids is 1. The molecule has 0 heterocycles. The largest absolute Gasteiger partial charge is 0.326 e. The predicted octanol–water partition coefficient (Wildman–Crippen LogP) is 3.45. The van der Waals surface area contributed by atoms with Crippen LogP contribution >= 0.6 is 0 Å². The average molecular weight is 332 g/mol. The molecule has 122 valence electrons. The summed E-state index contributed by atoms with van der Waals surface area (Å²) in [4.78, 5) is 11.5. The summed E-state index contributed by atoms with van der Waals surface area (Å²) in [6.45, 7) is 5.65. The van der Waals surface area contributed by atoms with Crippen LogP contribution in [0.3, 0.4) is 0 Å². The molecule has 0 aromatic heterocycles. The lowest BCUT2D eigenvalue weighted by Crippen LogP contribution is -2.13. The highest BCUT2D eigenvalue weighted by Crippen LogP contribution is 2.20. The van der Waals surface area contributed by atoms with Crippen molar-refractivity contribution in [1.29, 1.82) is 0 Å². The van der Waals surface area contributed by atoms with Gasteiger partial charge in [-0.25, -0.2) is 8.42 Å². The Morgan fingerprint density at radius 2 is 1.57 bits per heavy atom. The summed E-state index contributed by atoms with van der Waals surface area (Å²) in [5.74, 6) is -0.117. The molecule has 0 bridgehead atoms. The van der Waals surface area contributed by atoms with E-state index >= 15 is 0 Å². The Labute approximate surface area is 136 Å². The van der Waals surface area contributed by atoms with E-state index in [9.17, 15) is 13.2 Å². The topological polar surface area (TPSA) is 75.3 Å². The van der Waals surface area contributed by atoms with Gasteiger partial charge in [-0.15, -0.1) is 0 Å². The maximum atomic E-state index is 12.4. The van der Waals surface area contributed by atoms with Crippen LogP contribution in [0.4, 0.5) is 11.4 Å². The van der Waals surface area contributed by atoms with Gasteiger partial charge in [0.1, 0.15) is 0 Å². The van der Waals surface area contributed by atoms with Crippen LogP contribution in [0.1, 0.15) is 24.5 Å². The van der Waals surface area contributed by atoms with Crippen molar-refractivity contribution in [1.82, 2.24) is 0 Å². The van der Waals surface area contributed by atoms with E-state index in [-0.39, 0.29) is 10.8 Å². The molecule has 0 aliphatic rings. The Balaban J connectivity index is 2.18. The van der Waals surface area contributed by atoms with Crippen molar-refractivity contribution >= 4 is 27.3 Å². The van der Waals surface area contributed by atoms with Crippen LogP contribution in [-0.2, 0) is 14.8 Å². The fourth-order valence-electron chi connectivity index (χ4n) is 1.99. The first-order chi connectivity index (χ1) is 10.8. The Bertz CT molecular complexity index is 812. The number of rotatable bonds is 5. The molecule has 1 amide bonds. The molecule has 2 aromatic carbocycles. The van der Waals surface area contributed by atoms with Crippen LogP contribution in [0.5, 0.6) is 0 Å². The number of amides is 1. The molecule has 0 spiro atoms. The Kier molecular flexibility index (Phi) is 5.05. The highest BCUT2D eigenvalue weighted by atomic mass is 32.2. The summed E-state index contributed by atoms with van der Waals surface area (Å²) < 4.78 is 27.3. The average Bonchev–Trinajstić information content (AvgIpc) is 2.51. The molecule has 0 saturated heterocycles. The molecule has 0 unspecified atom stereocenters. The molecular formula is C17H20N2O3S. The highest BCUT2D eigenvalue weighted by molar-refractivity contribution is 7.92. The first-order valence-electron chi connectivity index (χ1n) is 7.32. The van der Waals surface area contributed by atoms with Crippen molar-refractivity contribution in [2.75, 3.05) is 10.0 Å². The van der Waals surface area contributed by atoms with E-state index < -0.39 is 10.0 Å². The minimum absolute atomic E-state index is 0.117. The molecule has 0 saturated carbocycles. The number of aryl methyl sites for hydroxylation is 2. The van der Waals surface area contributed by atoms with Crippen molar-refractivity contribution < 1.29 is 13.2 Å². The lowest BCUT2D eigenvalue weighted by Gasteiger charge is -2.10. The summed E-state index contributed by atoms with van der Waals surface area (Å²) >= 11 is 0. The minimum atomic E-state index is -3.66. The van der Waals surface area contributed by atoms with Crippen molar-refractivity contribution in [3.05, 3.63) is 53.6 Å². The number of hydrogen-bond donors (Lipinski definition) is 2. The van der Waals surface area contributed by atoms with E-state index in [0.29, 0.717) is 17.8 Å². The van der Waals surface area contributed by atoms with Gasteiger partial charge in [0.25, 0.3) is 10.0 Å². The van der Waals surface area contributed by atoms with Crippen molar-refractivity contribution in [3.8, 4) is 0 Å². The summed E-state index contributed by atoms with van der Waals surface area (Å²) in [7, 11) is -3.66. The summed E-state index contributed by atoms with van der Waals surface area (Å²) in [5.41, 5.74) is 3.21. The second kappa shape index (κ2) is 6.83. The Morgan fingerprint density at radius 1 is 0.957 bits per heavy atom. The molecule has 0 atom stereocenters. The number of benzene rings is 2. The standard InChI is InChI=1S/C17H20N2O3S/c1-4-17(20)18-14-7-9-16(10-8-14)23(21,22)19-15-6-5-12(2)13(3)11-15/h5-11,19H,4H2,1-3H3,(H,18,20). The van der Waals surface area contributed by atoms with Crippen LogP contribution in [-0.4, -0.2) is 14.3 Å². The molecule has 2 rings (SSSR count). The van der Waals surface area contributed by atoms with Crippen LogP contribution in [0, 0.1) is 13.8 Å². The molecule has 0 fully saturated rings. The summed E-state index contributed by atoms with van der Waals surface area (Å²) in [6.07, 6.45) is 0.369. The number of carbonyl (C=O) groups is 1. The lowest BCUT2D eigenvalue weighted by atomic mass is 10.1. The maximum Gasteiger partial charge on any atom is 0.261 e. The normalized spacial score (nSPS) is 11.1. The van der Waals surface area contributed by atoms with Gasteiger partial charge in [0.05, 0.1) is 4.90 Å². The van der Waals surface area contributed by atoms with Crippen molar-refractivity contribution in [2.24, 2.45) is 0 Å². The predicted molar refractivity (Wildman–Crippen MR) is 92.1 cm³/mol. The number of hydrogen-bond acceptors (Lipinski definition) is 3. The third-order valence-electron chi connectivity index (χ3n) is 3.53. The van der Waals surface area contributed by atoms with Gasteiger partial charge < -0.3 is 5.32 Å². The van der Waals surface area contributed by atoms with Gasteiger partial charge in [-0.1, -0.05) is 13.0 Å². The van der Waals surface area contributed by atoms with Gasteiger partial charge in [-0.05, 0) is 61.4 Å². The van der Waals surface area contributed by atoms with Gasteiger partial charge in [0.2, 0.25) is 5.91 Å². The molecule has 0 radical (unpaired) electrons. The van der Waals surface area contributed by atoms with E-state index in [1.165, 1.54) is 12.1 Å². The number of sulfonamides is 1. The molecule has 0 aliphatic carbocycles. The lowest BCUT2D eigenvalue weighted by molar-refractivity contribution is -0.115. The molecule has 2 N–H and O–H groups in total. The van der Waals surface area contributed by atoms with Gasteiger partial charge in [-0.2, -0.15) is 0 Å². The Morgan fingerprint density at radius 3 is 2.13 bits per heavy atom. The fraction of sp³-hybridized carbons (Fsp3) is 0.235. The van der Waals surface area contributed by atoms with Gasteiger partial charge >= 0.3 is 0 Å². The number of anilines is 2. The van der Waals surface area contributed by atoms with E-state index in [2.05, 4.69) is 10.0 Å². The van der Waals surface area contributed by atoms with E-state index in [0.717, 1.165) is 11.1 Å². The zero-order chi connectivity index (χ0) is 17.0. The third-order valence-corrected chi connectivity index (χ3v) is 4.93. The Hall–Kier alpha value is -2.34. The van der Waals surface area contributed by atoms with Crippen LogP contribution in [0.2, 0.25) is 0 Å². The van der Waals surface area contributed by atoms with Crippen LogP contribution < -0.4 is 10.0 Å². The first kappa shape index (κ1) is 17.0. The smallest absolute Gasteiger partial charge is 0.261 e. The zero-order valence-corrected chi connectivity index (χ0v) is 14.2. The van der Waals surface area contributed by atoms with Crippen molar-refractivity contribution in [2.45, 2.75) is 32.1 Å². The highest BCUT2D eigenvalue weighted by Gasteiger charge is 2.14. The zero-order valence-electron chi connectivity index (χ0n) is 13.4. The third kappa shape index (κ3) is 4.32. The second-order valence-electron chi connectivity index (χ2n) is 5.33. The summed E-state index contributed by atoms with van der Waals surface area (Å²) in [6, 6.07) is 11.5. The summed E-state index contributed by atoms with van der Waals surface area (Å²) in [5, 5.41) is 2.68. The monoisotopic (exact) mass is 332 g/mol. The molecule has 5 nitrogen and oxygen atoms in total. The second-order valence-corrected chi connectivity index (χ2v) is 7.01. The molecular weight excluding hydrogens is 312 g/mol. The van der Waals surface area contributed by atoms with Crippen LogP contribution in [0.15, 0.2) is 47.4 Å². The van der Waals surface area contributed by atoms with E-state index in [4.69, 9.17) is 0 Å². The van der Waals surface area contributed by atoms with E-state index in [1.54, 1.807) is 31.2 Å². The quantitative estimate of drug-likeness (QED) is 0.880. The van der Waals surface area contributed by atoms with Gasteiger partial charge in [-0.3, -0.25) is 9.52 Å². The van der Waals surface area contributed by atoms with Gasteiger partial charge in [0, 0.05) is 17.8 Å².